The van der Waals surface area contributed by atoms with E-state index in [1.165, 1.54) is 0 Å². The summed E-state index contributed by atoms with van der Waals surface area (Å²) < 4.78 is 0.890. The molecule has 1 aliphatic heterocycles. The van der Waals surface area contributed by atoms with Crippen LogP contribution in [-0.2, 0) is 4.79 Å². The Balaban J connectivity index is 1.94. The third kappa shape index (κ3) is 3.78. The fraction of sp³-hybridized carbons (Fsp3) is 0.500. The third-order valence-electron chi connectivity index (χ3n) is 3.46. The van der Waals surface area contributed by atoms with Gasteiger partial charge in [-0.25, -0.2) is 0 Å². The number of aliphatic hydroxyl groups excluding tert-OH is 1. The normalized spacial score (nSPS) is 19.6. The molecule has 0 spiro atoms. The molecule has 1 amide bonds. The van der Waals surface area contributed by atoms with Gasteiger partial charge in [0.05, 0.1) is 18.8 Å². The number of carbonyl (C=O) groups is 1. The lowest BCUT2D eigenvalue weighted by Crippen LogP contribution is -2.38. The number of benzene rings is 1. The van der Waals surface area contributed by atoms with Gasteiger partial charge in [0.2, 0.25) is 5.91 Å². The van der Waals surface area contributed by atoms with Crippen LogP contribution in [-0.4, -0.2) is 41.7 Å². The van der Waals surface area contributed by atoms with E-state index in [1.807, 2.05) is 30.0 Å². The van der Waals surface area contributed by atoms with E-state index in [1.54, 1.807) is 0 Å². The van der Waals surface area contributed by atoms with Crippen LogP contribution in [0.3, 0.4) is 0 Å². The predicted octanol–water partition coefficient (Wildman–Crippen LogP) is 2.15. The van der Waals surface area contributed by atoms with E-state index in [0.29, 0.717) is 6.54 Å². The van der Waals surface area contributed by atoms with Crippen molar-refractivity contribution in [3.05, 3.63) is 28.2 Å². The largest absolute Gasteiger partial charge is 0.395 e. The SMILES string of the molecule is Cc1ccc(NC(=O)CN2CCCC2CO)c(Br)c1. The van der Waals surface area contributed by atoms with Crippen molar-refractivity contribution in [2.24, 2.45) is 0 Å². The molecule has 4 nitrogen and oxygen atoms in total. The number of nitrogens with one attached hydrogen (secondary N) is 1. The van der Waals surface area contributed by atoms with Crippen molar-refractivity contribution in [2.75, 3.05) is 25.0 Å². The molecular formula is C14H19BrN2O2. The second-order valence-electron chi connectivity index (χ2n) is 4.98. The minimum Gasteiger partial charge on any atom is -0.395 e. The van der Waals surface area contributed by atoms with Gasteiger partial charge in [0.1, 0.15) is 0 Å². The lowest BCUT2D eigenvalue weighted by molar-refractivity contribution is -0.117. The molecule has 0 radical (unpaired) electrons. The Morgan fingerprint density at radius 2 is 2.37 bits per heavy atom. The molecule has 1 aromatic carbocycles. The van der Waals surface area contributed by atoms with Crippen LogP contribution in [0.5, 0.6) is 0 Å². The summed E-state index contributed by atoms with van der Waals surface area (Å²) in [6.45, 7) is 3.35. The van der Waals surface area contributed by atoms with Gasteiger partial charge in [0.15, 0.2) is 0 Å². The van der Waals surface area contributed by atoms with Gasteiger partial charge < -0.3 is 10.4 Å². The molecule has 0 aromatic heterocycles. The first kappa shape index (κ1) is 14.5. The van der Waals surface area contributed by atoms with E-state index in [4.69, 9.17) is 0 Å². The number of hydrogen-bond acceptors (Lipinski definition) is 3. The minimum atomic E-state index is -0.0371. The zero-order valence-electron chi connectivity index (χ0n) is 11.0. The Kier molecular flexibility index (Phi) is 4.96. The summed E-state index contributed by atoms with van der Waals surface area (Å²) in [6.07, 6.45) is 2.02. The van der Waals surface area contributed by atoms with Gasteiger partial charge in [-0.05, 0) is 59.9 Å². The van der Waals surface area contributed by atoms with E-state index in [2.05, 4.69) is 21.2 Å². The van der Waals surface area contributed by atoms with E-state index in [-0.39, 0.29) is 18.6 Å². The Morgan fingerprint density at radius 1 is 1.58 bits per heavy atom. The number of halogens is 1. The molecule has 1 aliphatic rings. The molecule has 1 fully saturated rings. The average Bonchev–Trinajstić information content (AvgIpc) is 2.80. The first-order valence-corrected chi connectivity index (χ1v) is 7.30. The molecule has 5 heteroatoms. The van der Waals surface area contributed by atoms with Crippen molar-refractivity contribution in [3.63, 3.8) is 0 Å². The van der Waals surface area contributed by atoms with Crippen molar-refractivity contribution in [1.29, 1.82) is 0 Å². The molecule has 19 heavy (non-hydrogen) atoms. The number of anilines is 1. The second kappa shape index (κ2) is 6.50. The lowest BCUT2D eigenvalue weighted by atomic mass is 10.2. The van der Waals surface area contributed by atoms with Crippen molar-refractivity contribution in [3.8, 4) is 0 Å². The van der Waals surface area contributed by atoms with E-state index >= 15 is 0 Å². The summed E-state index contributed by atoms with van der Waals surface area (Å²) in [5.41, 5.74) is 1.93. The zero-order chi connectivity index (χ0) is 13.8. The van der Waals surface area contributed by atoms with Crippen LogP contribution < -0.4 is 5.32 Å². The highest BCUT2D eigenvalue weighted by molar-refractivity contribution is 9.10. The number of aryl methyl sites for hydroxylation is 1. The molecular weight excluding hydrogens is 308 g/mol. The Morgan fingerprint density at radius 3 is 3.05 bits per heavy atom. The zero-order valence-corrected chi connectivity index (χ0v) is 12.6. The number of aliphatic hydroxyl groups is 1. The predicted molar refractivity (Wildman–Crippen MR) is 79.2 cm³/mol. The molecule has 1 heterocycles. The number of hydrogen-bond donors (Lipinski definition) is 2. The van der Waals surface area contributed by atoms with Crippen LogP contribution in [0, 0.1) is 6.92 Å². The number of carbonyl (C=O) groups excluding carboxylic acids is 1. The highest BCUT2D eigenvalue weighted by atomic mass is 79.9. The molecule has 0 bridgehead atoms. The highest BCUT2D eigenvalue weighted by Crippen LogP contribution is 2.23. The first-order valence-electron chi connectivity index (χ1n) is 6.51. The van der Waals surface area contributed by atoms with Gasteiger partial charge in [-0.1, -0.05) is 6.07 Å². The third-order valence-corrected chi connectivity index (χ3v) is 4.11. The number of nitrogens with zero attached hydrogens (tertiary/aromatic N) is 1. The molecule has 0 saturated carbocycles. The van der Waals surface area contributed by atoms with E-state index in [0.717, 1.165) is 35.1 Å². The van der Waals surface area contributed by atoms with E-state index < -0.39 is 0 Å². The summed E-state index contributed by atoms with van der Waals surface area (Å²) in [6, 6.07) is 5.96. The molecule has 1 aromatic rings. The average molecular weight is 327 g/mol. The van der Waals surface area contributed by atoms with Gasteiger partial charge in [-0.2, -0.15) is 0 Å². The summed E-state index contributed by atoms with van der Waals surface area (Å²) in [5, 5.41) is 12.1. The monoisotopic (exact) mass is 326 g/mol. The molecule has 1 unspecified atom stereocenters. The van der Waals surface area contributed by atoms with Crippen LogP contribution in [0.25, 0.3) is 0 Å². The van der Waals surface area contributed by atoms with Gasteiger partial charge >= 0.3 is 0 Å². The number of rotatable bonds is 4. The van der Waals surface area contributed by atoms with Gasteiger partial charge in [-0.3, -0.25) is 9.69 Å². The summed E-state index contributed by atoms with van der Waals surface area (Å²) >= 11 is 3.45. The Hall–Kier alpha value is -0.910. The lowest BCUT2D eigenvalue weighted by Gasteiger charge is -2.22. The van der Waals surface area contributed by atoms with Crippen LogP contribution in [0.4, 0.5) is 5.69 Å². The summed E-state index contributed by atoms with van der Waals surface area (Å²) in [5.74, 6) is -0.0371. The second-order valence-corrected chi connectivity index (χ2v) is 5.83. The summed E-state index contributed by atoms with van der Waals surface area (Å²) in [7, 11) is 0. The standard InChI is InChI=1S/C14H19BrN2O2/c1-10-4-5-13(12(15)7-10)16-14(19)8-17-6-2-3-11(17)9-18/h4-5,7,11,18H,2-3,6,8-9H2,1H3,(H,16,19). The fourth-order valence-electron chi connectivity index (χ4n) is 2.41. The highest BCUT2D eigenvalue weighted by Gasteiger charge is 2.25. The maximum Gasteiger partial charge on any atom is 0.238 e. The topological polar surface area (TPSA) is 52.6 Å². The van der Waals surface area contributed by atoms with Gasteiger partial charge in [-0.15, -0.1) is 0 Å². The molecule has 2 N–H and O–H groups in total. The van der Waals surface area contributed by atoms with Crippen molar-refractivity contribution < 1.29 is 9.90 Å². The molecule has 104 valence electrons. The number of amides is 1. The molecule has 1 saturated heterocycles. The van der Waals surface area contributed by atoms with Crippen molar-refractivity contribution >= 4 is 27.5 Å². The number of likely N-dealkylation sites (tertiary alicyclic amines) is 1. The minimum absolute atomic E-state index is 0.0371. The van der Waals surface area contributed by atoms with Crippen molar-refractivity contribution in [1.82, 2.24) is 4.90 Å². The Labute approximate surface area is 121 Å². The van der Waals surface area contributed by atoms with Crippen LogP contribution in [0.2, 0.25) is 0 Å². The Bertz CT molecular complexity index is 465. The van der Waals surface area contributed by atoms with E-state index in [9.17, 15) is 9.90 Å². The summed E-state index contributed by atoms with van der Waals surface area (Å²) in [4.78, 5) is 14.1. The van der Waals surface area contributed by atoms with Gasteiger partial charge in [0.25, 0.3) is 0 Å². The maximum atomic E-state index is 12.0. The first-order chi connectivity index (χ1) is 9.10. The molecule has 0 aliphatic carbocycles. The van der Waals surface area contributed by atoms with Crippen molar-refractivity contribution in [2.45, 2.75) is 25.8 Å². The van der Waals surface area contributed by atoms with Crippen LogP contribution in [0.1, 0.15) is 18.4 Å². The van der Waals surface area contributed by atoms with Gasteiger partial charge in [0, 0.05) is 10.5 Å². The smallest absolute Gasteiger partial charge is 0.238 e. The molecule has 1 atom stereocenters. The van der Waals surface area contributed by atoms with Crippen LogP contribution >= 0.6 is 15.9 Å². The maximum absolute atomic E-state index is 12.0. The van der Waals surface area contributed by atoms with Crippen LogP contribution in [0.15, 0.2) is 22.7 Å². The quantitative estimate of drug-likeness (QED) is 0.891. The molecule has 2 rings (SSSR count). The fourth-order valence-corrected chi connectivity index (χ4v) is 3.00.